The first-order valence-electron chi connectivity index (χ1n) is 8.46. The van der Waals surface area contributed by atoms with Gasteiger partial charge in [-0.25, -0.2) is 0 Å². The molecule has 4 aromatic rings. The Morgan fingerprint density at radius 1 is 0.828 bits per heavy atom. The zero-order valence-corrected chi connectivity index (χ0v) is 23.4. The van der Waals surface area contributed by atoms with Crippen LogP contribution in [0.15, 0.2) is 73.1 Å². The third-order valence-corrected chi connectivity index (χ3v) is 3.67. The van der Waals surface area contributed by atoms with E-state index in [1.54, 1.807) is 0 Å². The summed E-state index contributed by atoms with van der Waals surface area (Å²) in [6.07, 6.45) is 5.98. The minimum atomic E-state index is -0.693. The van der Waals surface area contributed by atoms with Gasteiger partial charge in [0.15, 0.2) is 0 Å². The number of nitrogens with one attached hydrogen (secondary N) is 2. The van der Waals surface area contributed by atoms with Crippen LogP contribution in [0.5, 0.6) is 0 Å². The first kappa shape index (κ1) is 33.3. The van der Waals surface area contributed by atoms with Crippen LogP contribution in [-0.2, 0) is 4.79 Å². The zero-order chi connectivity index (χ0) is 17.9. The number of rotatable bonds is 3. The van der Waals surface area contributed by atoms with Crippen LogP contribution in [0.2, 0.25) is 0 Å². The van der Waals surface area contributed by atoms with Crippen LogP contribution in [0, 0.1) is 0 Å². The minimum Gasteiger partial charge on any atom is -1.00 e. The van der Waals surface area contributed by atoms with Crippen molar-refractivity contribution < 1.29 is 71.9 Å². The molecule has 29 heavy (non-hydrogen) atoms. The second-order valence-corrected chi connectivity index (χ2v) is 5.63. The van der Waals surface area contributed by atoms with Crippen molar-refractivity contribution in [2.45, 2.75) is 26.2 Å². The van der Waals surface area contributed by atoms with E-state index in [1.807, 2.05) is 43.6 Å². The Hall–Kier alpha value is -0.310. The third kappa shape index (κ3) is 12.9. The van der Waals surface area contributed by atoms with Crippen molar-refractivity contribution in [2.75, 3.05) is 0 Å². The van der Waals surface area contributed by atoms with Crippen molar-refractivity contribution in [3.8, 4) is 0 Å². The van der Waals surface area contributed by atoms with E-state index in [9.17, 15) is 4.79 Å². The SMILES string of the molecule is CCCCC(=O)O.S.S.[H-].[H-].[Na+].[Na+].c1ccc2[nH]ccc2c1.c1ccc2[nH]ccc2c1. The molecule has 0 aliphatic carbocycles. The van der Waals surface area contributed by atoms with Gasteiger partial charge in [-0.1, -0.05) is 49.7 Å². The standard InChI is InChI=1S/2C8H7N.C5H10O2.2Na.2H2S.2H/c2*1-2-4-8-7(3-1)5-6-9-8;1-2-3-4-5(6)7;;;;;;/h2*1-6,9H;2-4H2,1H3,(H,6,7);;;2*1H2;;/q;;;2*+1;;;2*-1. The number of H-pyrrole nitrogens is 2. The van der Waals surface area contributed by atoms with Crippen LogP contribution in [0.1, 0.15) is 29.0 Å². The van der Waals surface area contributed by atoms with E-state index in [0.29, 0.717) is 6.42 Å². The Morgan fingerprint density at radius 3 is 1.55 bits per heavy atom. The van der Waals surface area contributed by atoms with Crippen molar-refractivity contribution in [2.24, 2.45) is 0 Å². The maximum atomic E-state index is 9.76. The molecule has 0 bridgehead atoms. The molecule has 2 heterocycles. The fourth-order valence-electron chi connectivity index (χ4n) is 2.32. The van der Waals surface area contributed by atoms with Crippen molar-refractivity contribution in [3.63, 3.8) is 0 Å². The summed E-state index contributed by atoms with van der Waals surface area (Å²) in [5.41, 5.74) is 2.41. The average Bonchev–Trinajstić information content (AvgIpc) is 3.29. The Labute approximate surface area is 233 Å². The number of aromatic nitrogens is 2. The number of carboxylic acids is 1. The van der Waals surface area contributed by atoms with E-state index >= 15 is 0 Å². The number of aliphatic carboxylic acids is 1. The summed E-state index contributed by atoms with van der Waals surface area (Å²) >= 11 is 0. The molecule has 2 aromatic heterocycles. The van der Waals surface area contributed by atoms with Crippen molar-refractivity contribution in [1.82, 2.24) is 9.97 Å². The Balaban J connectivity index is -0.000000100. The summed E-state index contributed by atoms with van der Waals surface area (Å²) in [6, 6.07) is 20.6. The molecule has 0 saturated carbocycles. The van der Waals surface area contributed by atoms with Gasteiger partial charge >= 0.3 is 65.1 Å². The van der Waals surface area contributed by atoms with Crippen molar-refractivity contribution in [3.05, 3.63) is 73.1 Å². The topological polar surface area (TPSA) is 68.9 Å². The predicted octanol–water partition coefficient (Wildman–Crippen LogP) is 0.0556. The molecule has 150 valence electrons. The molecular weight excluding hydrogens is 422 g/mol. The number of para-hydroxylation sites is 2. The Bertz CT molecular complexity index is 798. The maximum absolute atomic E-state index is 9.76. The Kier molecular flexibility index (Phi) is 22.6. The molecule has 0 fully saturated rings. The Morgan fingerprint density at radius 2 is 1.24 bits per heavy atom. The van der Waals surface area contributed by atoms with Gasteiger partial charge in [0.25, 0.3) is 0 Å². The van der Waals surface area contributed by atoms with Crippen molar-refractivity contribution >= 4 is 54.8 Å². The predicted molar refractivity (Wildman–Crippen MR) is 127 cm³/mol. The minimum absolute atomic E-state index is 0. The van der Waals surface area contributed by atoms with E-state index in [1.165, 1.54) is 21.8 Å². The quantitative estimate of drug-likeness (QED) is 0.385. The molecule has 0 amide bonds. The van der Waals surface area contributed by atoms with Gasteiger partial charge in [-0.05, 0) is 41.5 Å². The number of carboxylic acid groups (broad SMARTS) is 1. The molecule has 4 rings (SSSR count). The smallest absolute Gasteiger partial charge is 1.00 e. The molecule has 0 saturated heterocycles. The van der Waals surface area contributed by atoms with Gasteiger partial charge in [0, 0.05) is 29.8 Å². The third-order valence-electron chi connectivity index (χ3n) is 3.67. The van der Waals surface area contributed by atoms with E-state index in [0.717, 1.165) is 12.8 Å². The number of aromatic amines is 2. The van der Waals surface area contributed by atoms with Gasteiger partial charge in [0.2, 0.25) is 0 Å². The van der Waals surface area contributed by atoms with Gasteiger partial charge < -0.3 is 17.9 Å². The molecular formula is C21H30N2Na2O2S2. The molecule has 4 nitrogen and oxygen atoms in total. The molecule has 3 N–H and O–H groups in total. The summed E-state index contributed by atoms with van der Waals surface area (Å²) in [6.45, 7) is 1.98. The van der Waals surface area contributed by atoms with E-state index in [-0.39, 0.29) is 89.0 Å². The van der Waals surface area contributed by atoms with Crippen LogP contribution in [0.25, 0.3) is 21.8 Å². The summed E-state index contributed by atoms with van der Waals surface area (Å²) in [4.78, 5) is 16.0. The van der Waals surface area contributed by atoms with E-state index in [4.69, 9.17) is 5.11 Å². The maximum Gasteiger partial charge on any atom is 1.00 e. The number of carbonyl (C=O) groups is 1. The second-order valence-electron chi connectivity index (χ2n) is 5.63. The van der Waals surface area contributed by atoms with Crippen LogP contribution < -0.4 is 59.1 Å². The molecule has 0 aliphatic rings. The summed E-state index contributed by atoms with van der Waals surface area (Å²) in [5, 5.41) is 10.6. The molecule has 0 atom stereocenters. The molecule has 0 aliphatic heterocycles. The molecule has 8 heteroatoms. The van der Waals surface area contributed by atoms with Crippen molar-refractivity contribution in [1.29, 1.82) is 0 Å². The fourth-order valence-corrected chi connectivity index (χ4v) is 2.32. The van der Waals surface area contributed by atoms with E-state index < -0.39 is 5.97 Å². The number of hydrogen-bond donors (Lipinski definition) is 3. The first-order chi connectivity index (χ1) is 12.2. The normalized spacial score (nSPS) is 8.45. The second kappa shape index (κ2) is 19.6. The zero-order valence-electron chi connectivity index (χ0n) is 19.4. The van der Waals surface area contributed by atoms with Gasteiger partial charge in [0.05, 0.1) is 0 Å². The summed E-state index contributed by atoms with van der Waals surface area (Å²) < 4.78 is 0. The van der Waals surface area contributed by atoms with E-state index in [2.05, 4.69) is 46.4 Å². The monoisotopic (exact) mass is 452 g/mol. The van der Waals surface area contributed by atoms with Gasteiger partial charge in [-0.3, -0.25) is 4.79 Å². The van der Waals surface area contributed by atoms with Crippen LogP contribution in [-0.4, -0.2) is 21.0 Å². The average molecular weight is 453 g/mol. The fraction of sp³-hybridized carbons (Fsp3) is 0.190. The van der Waals surface area contributed by atoms with Crippen LogP contribution in [0.3, 0.4) is 0 Å². The largest absolute Gasteiger partial charge is 1.00 e. The number of fused-ring (bicyclic) bond motifs is 2. The van der Waals surface area contributed by atoms with Gasteiger partial charge in [-0.2, -0.15) is 27.0 Å². The van der Waals surface area contributed by atoms with Gasteiger partial charge in [0.1, 0.15) is 0 Å². The summed E-state index contributed by atoms with van der Waals surface area (Å²) in [5.74, 6) is -0.693. The number of unbranched alkanes of at least 4 members (excludes halogenated alkanes) is 1. The molecule has 2 aromatic carbocycles. The van der Waals surface area contributed by atoms with Gasteiger partial charge in [-0.15, -0.1) is 0 Å². The summed E-state index contributed by atoms with van der Waals surface area (Å²) in [7, 11) is 0. The first-order valence-corrected chi connectivity index (χ1v) is 8.46. The molecule has 0 unspecified atom stereocenters. The molecule has 0 radical (unpaired) electrons. The van der Waals surface area contributed by atoms with Crippen LogP contribution in [0.4, 0.5) is 0 Å². The number of hydrogen-bond acceptors (Lipinski definition) is 1. The molecule has 0 spiro atoms. The van der Waals surface area contributed by atoms with Crippen LogP contribution >= 0.6 is 27.0 Å². The number of benzene rings is 2.